The van der Waals surface area contributed by atoms with Gasteiger partial charge in [0.2, 0.25) is 5.91 Å². The third-order valence-electron chi connectivity index (χ3n) is 9.13. The number of rotatable bonds is 8. The summed E-state index contributed by atoms with van der Waals surface area (Å²) in [4.78, 5) is 44.9. The lowest BCUT2D eigenvalue weighted by atomic mass is 9.82. The van der Waals surface area contributed by atoms with Crippen molar-refractivity contribution in [3.8, 4) is 0 Å². The zero-order chi connectivity index (χ0) is 28.2. The Morgan fingerprint density at radius 2 is 1.55 bits per heavy atom. The average Bonchev–Trinajstić information content (AvgIpc) is 3.81. The summed E-state index contributed by atoms with van der Waals surface area (Å²) in [6.45, 7) is 5.79. The van der Waals surface area contributed by atoms with E-state index in [0.29, 0.717) is 48.9 Å². The molecule has 3 N–H and O–H groups in total. The summed E-state index contributed by atoms with van der Waals surface area (Å²) in [5, 5.41) is 3.21. The minimum absolute atomic E-state index is 0.0327. The van der Waals surface area contributed by atoms with Gasteiger partial charge in [0.25, 0.3) is 11.8 Å². The third-order valence-corrected chi connectivity index (χ3v) is 9.13. The molecule has 40 heavy (non-hydrogen) atoms. The molecule has 7 nitrogen and oxygen atoms in total. The molecule has 2 aromatic carbocycles. The highest BCUT2D eigenvalue weighted by molar-refractivity contribution is 5.98. The number of amides is 3. The van der Waals surface area contributed by atoms with Gasteiger partial charge in [-0.2, -0.15) is 0 Å². The number of nitrogens with one attached hydrogen (secondary N) is 1. The van der Waals surface area contributed by atoms with Gasteiger partial charge < -0.3 is 20.9 Å². The minimum atomic E-state index is -0.612. The Morgan fingerprint density at radius 1 is 0.850 bits per heavy atom. The van der Waals surface area contributed by atoms with E-state index in [1.165, 1.54) is 0 Å². The van der Waals surface area contributed by atoms with Crippen LogP contribution in [0.4, 0.5) is 0 Å². The van der Waals surface area contributed by atoms with E-state index in [-0.39, 0.29) is 29.8 Å². The lowest BCUT2D eigenvalue weighted by molar-refractivity contribution is -0.127. The Bertz CT molecular complexity index is 1200. The van der Waals surface area contributed by atoms with Gasteiger partial charge >= 0.3 is 0 Å². The van der Waals surface area contributed by atoms with E-state index in [1.54, 1.807) is 4.90 Å². The number of carbonyl (C=O) groups is 3. The topological polar surface area (TPSA) is 95.7 Å². The SMILES string of the molecule is Cc1ccc(C(=O)N2CCC(N(C(=O)c3cccc(C)c3)C3CC3)C[C@@H]2C(=O)NCC2CCC(CN)CC2)cc1. The lowest BCUT2D eigenvalue weighted by Gasteiger charge is -2.43. The number of hydrogen-bond donors (Lipinski definition) is 2. The van der Waals surface area contributed by atoms with Crippen molar-refractivity contribution in [1.29, 1.82) is 0 Å². The number of aryl methyl sites for hydroxylation is 2. The number of nitrogens with zero attached hydrogens (tertiary/aromatic N) is 2. The average molecular weight is 545 g/mol. The normalized spacial score (nSPS) is 24.8. The summed E-state index contributed by atoms with van der Waals surface area (Å²) in [5.41, 5.74) is 9.29. The predicted molar refractivity (Wildman–Crippen MR) is 157 cm³/mol. The van der Waals surface area contributed by atoms with Crippen molar-refractivity contribution >= 4 is 17.7 Å². The predicted octanol–water partition coefficient (Wildman–Crippen LogP) is 4.46. The van der Waals surface area contributed by atoms with E-state index in [1.807, 2.05) is 67.3 Å². The fraction of sp³-hybridized carbons (Fsp3) is 0.545. The molecular weight excluding hydrogens is 500 g/mol. The molecule has 0 aromatic heterocycles. The molecule has 7 heteroatoms. The largest absolute Gasteiger partial charge is 0.354 e. The van der Waals surface area contributed by atoms with Gasteiger partial charge in [0.05, 0.1) is 0 Å². The molecule has 3 amide bonds. The van der Waals surface area contributed by atoms with Crippen molar-refractivity contribution in [1.82, 2.24) is 15.1 Å². The van der Waals surface area contributed by atoms with Crippen molar-refractivity contribution in [2.24, 2.45) is 17.6 Å². The molecular formula is C33H44N4O3. The Morgan fingerprint density at radius 3 is 2.20 bits per heavy atom. The van der Waals surface area contributed by atoms with Gasteiger partial charge in [-0.25, -0.2) is 0 Å². The van der Waals surface area contributed by atoms with Crippen LogP contribution in [0, 0.1) is 25.7 Å². The molecule has 2 saturated carbocycles. The third kappa shape index (κ3) is 6.57. The highest BCUT2D eigenvalue weighted by Gasteiger charge is 2.44. The summed E-state index contributed by atoms with van der Waals surface area (Å²) < 4.78 is 0. The molecule has 0 bridgehead atoms. The molecule has 1 saturated heterocycles. The van der Waals surface area contributed by atoms with Crippen molar-refractivity contribution in [2.45, 2.75) is 83.3 Å². The highest BCUT2D eigenvalue weighted by atomic mass is 16.2. The first-order chi connectivity index (χ1) is 19.3. The summed E-state index contributed by atoms with van der Waals surface area (Å²) in [5.74, 6) is 0.839. The van der Waals surface area contributed by atoms with E-state index in [2.05, 4.69) is 5.32 Å². The van der Waals surface area contributed by atoms with Crippen molar-refractivity contribution in [3.63, 3.8) is 0 Å². The molecule has 214 valence electrons. The molecule has 2 aromatic rings. The van der Waals surface area contributed by atoms with Crippen LogP contribution in [-0.2, 0) is 4.79 Å². The van der Waals surface area contributed by atoms with Crippen molar-refractivity contribution in [2.75, 3.05) is 19.6 Å². The van der Waals surface area contributed by atoms with Gasteiger partial charge in [-0.15, -0.1) is 0 Å². The van der Waals surface area contributed by atoms with E-state index < -0.39 is 6.04 Å². The van der Waals surface area contributed by atoms with Gasteiger partial charge in [0.15, 0.2) is 0 Å². The van der Waals surface area contributed by atoms with Crippen LogP contribution in [0.2, 0.25) is 0 Å². The van der Waals surface area contributed by atoms with Crippen LogP contribution in [0.1, 0.15) is 83.2 Å². The van der Waals surface area contributed by atoms with E-state index >= 15 is 0 Å². The molecule has 2 atom stereocenters. The van der Waals surface area contributed by atoms with Gasteiger partial charge in [0, 0.05) is 36.3 Å². The molecule has 1 aliphatic heterocycles. The first-order valence-electron chi connectivity index (χ1n) is 15.1. The Balaban J connectivity index is 1.34. The fourth-order valence-electron chi connectivity index (χ4n) is 6.50. The molecule has 0 radical (unpaired) electrons. The van der Waals surface area contributed by atoms with Gasteiger partial charge in [-0.3, -0.25) is 14.4 Å². The number of carbonyl (C=O) groups excluding carboxylic acids is 3. The van der Waals surface area contributed by atoms with Crippen LogP contribution in [0.25, 0.3) is 0 Å². The zero-order valence-corrected chi connectivity index (χ0v) is 24.0. The molecule has 1 unspecified atom stereocenters. The van der Waals surface area contributed by atoms with Gasteiger partial charge in [0.1, 0.15) is 6.04 Å². The van der Waals surface area contributed by atoms with Crippen molar-refractivity contribution in [3.05, 3.63) is 70.8 Å². The minimum Gasteiger partial charge on any atom is -0.354 e. The first-order valence-corrected chi connectivity index (χ1v) is 15.1. The van der Waals surface area contributed by atoms with Crippen LogP contribution in [0.5, 0.6) is 0 Å². The van der Waals surface area contributed by atoms with Crippen LogP contribution in [-0.4, -0.2) is 65.3 Å². The second-order valence-corrected chi connectivity index (χ2v) is 12.2. The number of hydrogen-bond acceptors (Lipinski definition) is 4. The molecule has 3 aliphatic rings. The maximum absolute atomic E-state index is 13.8. The zero-order valence-electron chi connectivity index (χ0n) is 24.0. The number of benzene rings is 2. The number of piperidine rings is 1. The summed E-state index contributed by atoms with van der Waals surface area (Å²) in [6, 6.07) is 14.8. The smallest absolute Gasteiger partial charge is 0.254 e. The summed E-state index contributed by atoms with van der Waals surface area (Å²) >= 11 is 0. The highest BCUT2D eigenvalue weighted by Crippen LogP contribution is 2.35. The Kier molecular flexibility index (Phi) is 8.89. The summed E-state index contributed by atoms with van der Waals surface area (Å²) in [7, 11) is 0. The number of nitrogens with two attached hydrogens (primary N) is 1. The van der Waals surface area contributed by atoms with Crippen LogP contribution < -0.4 is 11.1 Å². The van der Waals surface area contributed by atoms with Gasteiger partial charge in [-0.05, 0) is 108 Å². The van der Waals surface area contributed by atoms with E-state index in [4.69, 9.17) is 5.73 Å². The van der Waals surface area contributed by atoms with Crippen LogP contribution in [0.15, 0.2) is 48.5 Å². The Labute approximate surface area is 238 Å². The second kappa shape index (κ2) is 12.5. The maximum atomic E-state index is 13.8. The van der Waals surface area contributed by atoms with Crippen LogP contribution in [0.3, 0.4) is 0 Å². The molecule has 2 aliphatic carbocycles. The molecule has 5 rings (SSSR count). The Hall–Kier alpha value is -3.19. The molecule has 1 heterocycles. The second-order valence-electron chi connectivity index (χ2n) is 12.2. The van der Waals surface area contributed by atoms with E-state index in [0.717, 1.165) is 56.2 Å². The van der Waals surface area contributed by atoms with Crippen LogP contribution >= 0.6 is 0 Å². The first kappa shape index (κ1) is 28.3. The summed E-state index contributed by atoms with van der Waals surface area (Å²) in [6.07, 6.45) is 7.46. The fourth-order valence-corrected chi connectivity index (χ4v) is 6.50. The number of likely N-dealkylation sites (tertiary alicyclic amines) is 1. The van der Waals surface area contributed by atoms with E-state index in [9.17, 15) is 14.4 Å². The van der Waals surface area contributed by atoms with Crippen molar-refractivity contribution < 1.29 is 14.4 Å². The standard InChI is InChI=1S/C33H44N4O3/c1-22-6-12-26(13-7-22)32(39)36-17-16-29(37(28-14-15-28)33(40)27-5-3-4-23(2)18-27)19-30(36)31(38)35-21-25-10-8-24(20-34)9-11-25/h3-7,12-13,18,24-25,28-30H,8-11,14-17,19-21,34H2,1-2H3,(H,35,38)/t24?,25?,29?,30-/m1/s1. The molecule has 0 spiro atoms. The molecule has 3 fully saturated rings. The quantitative estimate of drug-likeness (QED) is 0.513. The maximum Gasteiger partial charge on any atom is 0.254 e. The van der Waals surface area contributed by atoms with Gasteiger partial charge in [-0.1, -0.05) is 35.4 Å². The monoisotopic (exact) mass is 544 g/mol. The lowest BCUT2D eigenvalue weighted by Crippen LogP contribution is -2.58.